The molecule has 2 aromatic heterocycles. The molecule has 0 spiro atoms. The summed E-state index contributed by atoms with van der Waals surface area (Å²) in [5, 5.41) is 25.4. The predicted octanol–water partition coefficient (Wildman–Crippen LogP) is 2.34. The minimum absolute atomic E-state index is 0.111. The zero-order valence-corrected chi connectivity index (χ0v) is 15.9. The minimum Gasteiger partial charge on any atom is -0.507 e. The molecule has 2 bridgehead atoms. The van der Waals surface area contributed by atoms with Crippen LogP contribution in [0.3, 0.4) is 0 Å². The zero-order valence-electron chi connectivity index (χ0n) is 15.9. The maximum Gasteiger partial charge on any atom is 0.252 e. The molecule has 1 unspecified atom stereocenters. The number of phenols is 1. The van der Waals surface area contributed by atoms with Gasteiger partial charge in [0.05, 0.1) is 35.9 Å². The zero-order chi connectivity index (χ0) is 20.9. The van der Waals surface area contributed by atoms with E-state index in [1.165, 1.54) is 23.1 Å². The van der Waals surface area contributed by atoms with Gasteiger partial charge in [-0.2, -0.15) is 5.10 Å². The number of hydrogen-bond donors (Lipinski definition) is 2. The van der Waals surface area contributed by atoms with Gasteiger partial charge in [-0.3, -0.25) is 5.32 Å². The van der Waals surface area contributed by atoms with Crippen molar-refractivity contribution >= 4 is 0 Å². The molecule has 5 rings (SSSR count). The Morgan fingerprint density at radius 3 is 2.87 bits per heavy atom. The monoisotopic (exact) mass is 412 g/mol. The van der Waals surface area contributed by atoms with Crippen molar-refractivity contribution in [1.29, 1.82) is 0 Å². The summed E-state index contributed by atoms with van der Waals surface area (Å²) < 4.78 is 34.7. The standard InChI is InChI=1S/C20H18F2N6O2/c1-20-5-4-14(25-20)18(22)16(7-20)30-17-9-23-19(27-26-17)13-3-2-12(6-15(13)29)28-10-11(21)8-24-28/h2-6,8-10,14,16,18,25,29H,7H2,1H3/t14?,16-,18+,20-/m0/s1. The largest absolute Gasteiger partial charge is 0.507 e. The van der Waals surface area contributed by atoms with Crippen LogP contribution < -0.4 is 10.1 Å². The van der Waals surface area contributed by atoms with Crippen LogP contribution in [0.5, 0.6) is 11.6 Å². The van der Waals surface area contributed by atoms with E-state index in [-0.39, 0.29) is 29.0 Å². The highest BCUT2D eigenvalue weighted by molar-refractivity contribution is 5.65. The number of ether oxygens (including phenoxy) is 1. The van der Waals surface area contributed by atoms with E-state index in [1.54, 1.807) is 12.1 Å². The Balaban J connectivity index is 1.33. The lowest BCUT2D eigenvalue weighted by molar-refractivity contribution is 0.0291. The fraction of sp³-hybridized carbons (Fsp3) is 0.300. The average Bonchev–Trinajstić information content (AvgIpc) is 3.31. The van der Waals surface area contributed by atoms with Crippen molar-refractivity contribution in [2.24, 2.45) is 0 Å². The molecule has 0 radical (unpaired) electrons. The fourth-order valence-corrected chi connectivity index (χ4v) is 3.86. The number of nitrogens with one attached hydrogen (secondary N) is 1. The summed E-state index contributed by atoms with van der Waals surface area (Å²) in [7, 11) is 0. The number of aromatic hydroxyl groups is 1. The first-order valence-corrected chi connectivity index (χ1v) is 9.42. The number of piperidine rings is 1. The quantitative estimate of drug-likeness (QED) is 0.635. The van der Waals surface area contributed by atoms with Crippen LogP contribution >= 0.6 is 0 Å². The summed E-state index contributed by atoms with van der Waals surface area (Å²) >= 11 is 0. The summed E-state index contributed by atoms with van der Waals surface area (Å²) in [6.45, 7) is 1.99. The molecular weight excluding hydrogens is 394 g/mol. The second-order valence-electron chi connectivity index (χ2n) is 7.68. The van der Waals surface area contributed by atoms with Crippen molar-refractivity contribution in [3.8, 4) is 28.7 Å². The van der Waals surface area contributed by atoms with Crippen molar-refractivity contribution in [3.63, 3.8) is 0 Å². The lowest BCUT2D eigenvalue weighted by Gasteiger charge is -2.38. The van der Waals surface area contributed by atoms with Crippen LogP contribution in [-0.2, 0) is 0 Å². The van der Waals surface area contributed by atoms with E-state index in [0.717, 1.165) is 6.20 Å². The summed E-state index contributed by atoms with van der Waals surface area (Å²) in [6.07, 6.45) is 5.99. The Morgan fingerprint density at radius 2 is 2.17 bits per heavy atom. The number of phenolic OH excluding ortho intramolecular Hbond substituents is 1. The molecule has 1 saturated heterocycles. The number of hydrogen-bond acceptors (Lipinski definition) is 7. The molecular formula is C20H18F2N6O2. The van der Waals surface area contributed by atoms with E-state index in [1.807, 2.05) is 19.1 Å². The third kappa shape index (κ3) is 3.28. The normalized spacial score (nSPS) is 27.4. The molecule has 1 fully saturated rings. The molecule has 0 amide bonds. The molecule has 154 valence electrons. The van der Waals surface area contributed by atoms with E-state index < -0.39 is 18.1 Å². The molecule has 4 atom stereocenters. The first-order chi connectivity index (χ1) is 14.4. The molecule has 3 aromatic rings. The number of aromatic nitrogens is 5. The first kappa shape index (κ1) is 18.6. The molecule has 2 N–H and O–H groups in total. The van der Waals surface area contributed by atoms with Crippen LogP contribution in [0.15, 0.2) is 48.9 Å². The molecule has 8 nitrogen and oxygen atoms in total. The molecule has 2 aliphatic rings. The average molecular weight is 412 g/mol. The van der Waals surface area contributed by atoms with Crippen LogP contribution in [0.25, 0.3) is 17.1 Å². The summed E-state index contributed by atoms with van der Waals surface area (Å²) in [5.41, 5.74) is 0.513. The van der Waals surface area contributed by atoms with Gasteiger partial charge in [0.1, 0.15) is 11.9 Å². The number of nitrogens with zero attached hydrogens (tertiary/aromatic N) is 5. The topological polar surface area (TPSA) is 98.0 Å². The highest BCUT2D eigenvalue weighted by Gasteiger charge is 2.46. The van der Waals surface area contributed by atoms with Crippen molar-refractivity contribution in [2.45, 2.75) is 37.2 Å². The second kappa shape index (κ2) is 6.84. The smallest absolute Gasteiger partial charge is 0.252 e. The van der Waals surface area contributed by atoms with E-state index in [9.17, 15) is 13.9 Å². The third-order valence-electron chi connectivity index (χ3n) is 5.34. The van der Waals surface area contributed by atoms with Crippen molar-refractivity contribution in [2.75, 3.05) is 0 Å². The lowest BCUT2D eigenvalue weighted by Crippen LogP contribution is -2.57. The van der Waals surface area contributed by atoms with Gasteiger partial charge in [-0.1, -0.05) is 12.2 Å². The molecule has 0 aliphatic carbocycles. The Labute approximate surface area is 170 Å². The number of halogens is 2. The van der Waals surface area contributed by atoms with Crippen LogP contribution in [0, 0.1) is 5.82 Å². The highest BCUT2D eigenvalue weighted by atomic mass is 19.1. The number of fused-ring (bicyclic) bond motifs is 2. The Kier molecular flexibility index (Phi) is 4.24. The van der Waals surface area contributed by atoms with Crippen molar-refractivity contribution in [1.82, 2.24) is 30.3 Å². The van der Waals surface area contributed by atoms with Gasteiger partial charge < -0.3 is 9.84 Å². The highest BCUT2D eigenvalue weighted by Crippen LogP contribution is 2.34. The maximum absolute atomic E-state index is 14.6. The molecule has 0 saturated carbocycles. The van der Waals surface area contributed by atoms with Gasteiger partial charge in [-0.05, 0) is 19.1 Å². The van der Waals surface area contributed by atoms with Gasteiger partial charge in [0, 0.05) is 18.0 Å². The molecule has 10 heteroatoms. The Bertz CT molecular complexity index is 1120. The molecule has 30 heavy (non-hydrogen) atoms. The predicted molar refractivity (Wildman–Crippen MR) is 102 cm³/mol. The van der Waals surface area contributed by atoms with Gasteiger partial charge in [0.15, 0.2) is 17.8 Å². The summed E-state index contributed by atoms with van der Waals surface area (Å²) in [5.74, 6) is -0.311. The van der Waals surface area contributed by atoms with Crippen LogP contribution in [-0.4, -0.2) is 53.9 Å². The number of benzene rings is 1. The lowest BCUT2D eigenvalue weighted by atomic mass is 9.90. The molecule has 4 heterocycles. The van der Waals surface area contributed by atoms with Gasteiger partial charge in [0.2, 0.25) is 0 Å². The van der Waals surface area contributed by atoms with E-state index >= 15 is 0 Å². The summed E-state index contributed by atoms with van der Waals surface area (Å²) in [6, 6.07) is 4.26. The van der Waals surface area contributed by atoms with E-state index in [0.29, 0.717) is 17.7 Å². The Hall–Kier alpha value is -3.40. The molecule has 2 aliphatic heterocycles. The minimum atomic E-state index is -1.21. The Morgan fingerprint density at radius 1 is 1.30 bits per heavy atom. The van der Waals surface area contributed by atoms with Gasteiger partial charge in [-0.15, -0.1) is 10.2 Å². The van der Waals surface area contributed by atoms with Gasteiger partial charge in [0.25, 0.3) is 5.88 Å². The molecule has 1 aromatic carbocycles. The SMILES string of the molecule is C[C@@]12C=CC(N1)[C@@H](F)[C@@H](Oc1cnc(-c3ccc(-n4cc(F)cn4)cc3O)nn1)C2. The van der Waals surface area contributed by atoms with Crippen molar-refractivity contribution in [3.05, 3.63) is 54.8 Å². The first-order valence-electron chi connectivity index (χ1n) is 9.42. The number of alkyl halides is 1. The second-order valence-corrected chi connectivity index (χ2v) is 7.68. The van der Waals surface area contributed by atoms with Gasteiger partial charge >= 0.3 is 0 Å². The van der Waals surface area contributed by atoms with E-state index in [2.05, 4.69) is 25.6 Å². The van der Waals surface area contributed by atoms with Crippen molar-refractivity contribution < 1.29 is 18.6 Å². The van der Waals surface area contributed by atoms with Gasteiger partial charge in [-0.25, -0.2) is 18.4 Å². The van der Waals surface area contributed by atoms with E-state index in [4.69, 9.17) is 4.74 Å². The maximum atomic E-state index is 14.6. The number of rotatable bonds is 4. The van der Waals surface area contributed by atoms with Crippen LogP contribution in [0.2, 0.25) is 0 Å². The van der Waals surface area contributed by atoms with Crippen LogP contribution in [0.4, 0.5) is 8.78 Å². The summed E-state index contributed by atoms with van der Waals surface area (Å²) in [4.78, 5) is 4.18. The fourth-order valence-electron chi connectivity index (χ4n) is 3.86. The van der Waals surface area contributed by atoms with Crippen LogP contribution in [0.1, 0.15) is 13.3 Å². The third-order valence-corrected chi connectivity index (χ3v) is 5.34.